The van der Waals surface area contributed by atoms with Gasteiger partial charge in [-0.25, -0.2) is 4.98 Å². The zero-order chi connectivity index (χ0) is 13.7. The monoisotopic (exact) mass is 255 g/mol. The molecule has 0 aliphatic heterocycles. The van der Waals surface area contributed by atoms with Crippen LogP contribution in [-0.2, 0) is 0 Å². The van der Waals surface area contributed by atoms with Gasteiger partial charge in [0.05, 0.1) is 12.3 Å². The Morgan fingerprint density at radius 1 is 1.26 bits per heavy atom. The number of aliphatic hydroxyl groups is 1. The third-order valence-corrected chi connectivity index (χ3v) is 2.49. The van der Waals surface area contributed by atoms with Crippen LogP contribution in [0.25, 0.3) is 11.3 Å². The van der Waals surface area contributed by atoms with Crippen LogP contribution in [0.4, 0.5) is 11.8 Å². The van der Waals surface area contributed by atoms with Crippen LogP contribution >= 0.6 is 0 Å². The van der Waals surface area contributed by atoms with Crippen molar-refractivity contribution in [1.29, 1.82) is 5.26 Å². The lowest BCUT2D eigenvalue weighted by Crippen LogP contribution is -2.11. The number of nitrogens with zero attached hydrogens (tertiary/aromatic N) is 3. The fourth-order valence-corrected chi connectivity index (χ4v) is 1.64. The summed E-state index contributed by atoms with van der Waals surface area (Å²) in [6.07, 6.45) is 0. The van der Waals surface area contributed by atoms with Gasteiger partial charge in [0.2, 0.25) is 5.95 Å². The highest BCUT2D eigenvalue weighted by molar-refractivity contribution is 5.73. The van der Waals surface area contributed by atoms with Crippen LogP contribution in [0.1, 0.15) is 5.56 Å². The van der Waals surface area contributed by atoms with Crippen molar-refractivity contribution in [2.24, 2.45) is 0 Å². The van der Waals surface area contributed by atoms with Gasteiger partial charge in [0.1, 0.15) is 17.5 Å². The van der Waals surface area contributed by atoms with Gasteiger partial charge in [-0.3, -0.25) is 0 Å². The van der Waals surface area contributed by atoms with Crippen LogP contribution in [-0.4, -0.2) is 28.2 Å². The van der Waals surface area contributed by atoms with Crippen molar-refractivity contribution >= 4 is 11.8 Å². The van der Waals surface area contributed by atoms with Gasteiger partial charge in [0.25, 0.3) is 0 Å². The fraction of sp³-hybridized carbons (Fsp3) is 0.154. The molecule has 0 spiro atoms. The highest BCUT2D eigenvalue weighted by Gasteiger charge is 2.13. The van der Waals surface area contributed by atoms with E-state index in [1.807, 2.05) is 36.4 Å². The molecule has 0 aliphatic rings. The Morgan fingerprint density at radius 2 is 2.00 bits per heavy atom. The van der Waals surface area contributed by atoms with Crippen molar-refractivity contribution in [2.45, 2.75) is 0 Å². The molecular weight excluding hydrogens is 242 g/mol. The van der Waals surface area contributed by atoms with Gasteiger partial charge in [-0.15, -0.1) is 0 Å². The smallest absolute Gasteiger partial charge is 0.225 e. The standard InChI is InChI=1S/C13H13N5O/c14-8-10-11(9-4-2-1-3-5-9)17-13(16-6-7-19)18-12(10)15/h1-5,19H,6-7H2,(H3,15,16,17,18). The topological polar surface area (TPSA) is 108 Å². The van der Waals surface area contributed by atoms with Crippen molar-refractivity contribution < 1.29 is 5.11 Å². The number of anilines is 2. The lowest BCUT2D eigenvalue weighted by Gasteiger charge is -2.09. The number of hydrogen-bond acceptors (Lipinski definition) is 6. The number of nitrogen functional groups attached to an aromatic ring is 1. The molecule has 0 amide bonds. The minimum Gasteiger partial charge on any atom is -0.395 e. The zero-order valence-corrected chi connectivity index (χ0v) is 10.2. The molecule has 1 aromatic carbocycles. The van der Waals surface area contributed by atoms with E-state index in [0.29, 0.717) is 18.2 Å². The summed E-state index contributed by atoms with van der Waals surface area (Å²) >= 11 is 0. The normalized spacial score (nSPS) is 9.89. The summed E-state index contributed by atoms with van der Waals surface area (Å²) in [4.78, 5) is 8.27. The second-order valence-electron chi connectivity index (χ2n) is 3.78. The van der Waals surface area contributed by atoms with E-state index in [0.717, 1.165) is 5.56 Å². The summed E-state index contributed by atoms with van der Waals surface area (Å²) in [5, 5.41) is 20.8. The predicted octanol–water partition coefficient (Wildman–Crippen LogP) is 1.00. The SMILES string of the molecule is N#Cc1c(N)nc(NCCO)nc1-c1ccccc1. The summed E-state index contributed by atoms with van der Waals surface area (Å²) in [6.45, 7) is 0.281. The van der Waals surface area contributed by atoms with Crippen molar-refractivity contribution in [3.05, 3.63) is 35.9 Å². The molecule has 0 saturated heterocycles. The maximum absolute atomic E-state index is 9.16. The maximum atomic E-state index is 9.16. The molecule has 0 atom stereocenters. The van der Waals surface area contributed by atoms with Gasteiger partial charge in [-0.05, 0) is 0 Å². The molecule has 0 saturated carbocycles. The molecule has 0 fully saturated rings. The summed E-state index contributed by atoms with van der Waals surface area (Å²) in [6, 6.07) is 11.3. The Morgan fingerprint density at radius 3 is 2.63 bits per heavy atom. The van der Waals surface area contributed by atoms with E-state index >= 15 is 0 Å². The highest BCUT2D eigenvalue weighted by Crippen LogP contribution is 2.25. The summed E-state index contributed by atoms with van der Waals surface area (Å²) in [7, 11) is 0. The van der Waals surface area contributed by atoms with Crippen LogP contribution in [0.15, 0.2) is 30.3 Å². The summed E-state index contributed by atoms with van der Waals surface area (Å²) in [5.74, 6) is 0.418. The van der Waals surface area contributed by atoms with E-state index in [9.17, 15) is 0 Å². The Bertz CT molecular complexity index is 606. The lowest BCUT2D eigenvalue weighted by molar-refractivity contribution is 0.311. The van der Waals surface area contributed by atoms with E-state index in [1.54, 1.807) is 0 Å². The van der Waals surface area contributed by atoms with E-state index in [2.05, 4.69) is 15.3 Å². The minimum atomic E-state index is -0.0378. The zero-order valence-electron chi connectivity index (χ0n) is 10.2. The lowest BCUT2D eigenvalue weighted by atomic mass is 10.1. The van der Waals surface area contributed by atoms with Gasteiger partial charge < -0.3 is 16.2 Å². The van der Waals surface area contributed by atoms with Gasteiger partial charge in [-0.1, -0.05) is 30.3 Å². The van der Waals surface area contributed by atoms with E-state index in [-0.39, 0.29) is 18.0 Å². The van der Waals surface area contributed by atoms with E-state index in [4.69, 9.17) is 16.1 Å². The first-order valence-corrected chi connectivity index (χ1v) is 5.74. The number of aliphatic hydroxyl groups excluding tert-OH is 1. The minimum absolute atomic E-state index is 0.0378. The third-order valence-electron chi connectivity index (χ3n) is 2.49. The largest absolute Gasteiger partial charge is 0.395 e. The molecule has 2 rings (SSSR count). The molecule has 6 nitrogen and oxygen atoms in total. The Balaban J connectivity index is 2.51. The van der Waals surface area contributed by atoms with Crippen LogP contribution in [0.5, 0.6) is 0 Å². The van der Waals surface area contributed by atoms with E-state index < -0.39 is 0 Å². The molecule has 0 aliphatic carbocycles. The first-order valence-electron chi connectivity index (χ1n) is 5.74. The van der Waals surface area contributed by atoms with Gasteiger partial charge in [0.15, 0.2) is 0 Å². The highest BCUT2D eigenvalue weighted by atomic mass is 16.3. The van der Waals surface area contributed by atoms with Crippen LogP contribution in [0.2, 0.25) is 0 Å². The van der Waals surface area contributed by atoms with Crippen molar-refractivity contribution in [2.75, 3.05) is 24.2 Å². The maximum Gasteiger partial charge on any atom is 0.225 e. The Hall–Kier alpha value is -2.65. The molecule has 4 N–H and O–H groups in total. The molecule has 0 radical (unpaired) electrons. The molecule has 6 heteroatoms. The number of benzene rings is 1. The molecule has 19 heavy (non-hydrogen) atoms. The van der Waals surface area contributed by atoms with Gasteiger partial charge >= 0.3 is 0 Å². The van der Waals surface area contributed by atoms with Crippen LogP contribution in [0.3, 0.4) is 0 Å². The average molecular weight is 255 g/mol. The van der Waals surface area contributed by atoms with E-state index in [1.165, 1.54) is 0 Å². The van der Waals surface area contributed by atoms with Crippen LogP contribution < -0.4 is 11.1 Å². The quantitative estimate of drug-likeness (QED) is 0.752. The van der Waals surface area contributed by atoms with Gasteiger partial charge in [0, 0.05) is 12.1 Å². The van der Waals surface area contributed by atoms with Crippen molar-refractivity contribution in [3.63, 3.8) is 0 Å². The first-order chi connectivity index (χ1) is 9.26. The molecule has 0 unspecified atom stereocenters. The summed E-state index contributed by atoms with van der Waals surface area (Å²) < 4.78 is 0. The van der Waals surface area contributed by atoms with Crippen LogP contribution in [0, 0.1) is 11.3 Å². The number of hydrogen-bond donors (Lipinski definition) is 3. The number of aromatic nitrogens is 2. The molecule has 1 aromatic heterocycles. The number of nitriles is 1. The number of nitrogens with two attached hydrogens (primary N) is 1. The Labute approximate surface area is 110 Å². The average Bonchev–Trinajstić information content (AvgIpc) is 2.45. The summed E-state index contributed by atoms with van der Waals surface area (Å²) in [5.41, 5.74) is 7.29. The first kappa shape index (κ1) is 12.8. The van der Waals surface area contributed by atoms with Gasteiger partial charge in [-0.2, -0.15) is 10.2 Å². The second-order valence-corrected chi connectivity index (χ2v) is 3.78. The van der Waals surface area contributed by atoms with Crippen molar-refractivity contribution in [3.8, 4) is 17.3 Å². The molecule has 1 heterocycles. The molecule has 96 valence electrons. The number of rotatable bonds is 4. The molecular formula is C13H13N5O. The van der Waals surface area contributed by atoms with Crippen molar-refractivity contribution in [1.82, 2.24) is 9.97 Å². The third kappa shape index (κ3) is 2.78. The second kappa shape index (κ2) is 5.80. The Kier molecular flexibility index (Phi) is 3.90. The number of nitrogens with one attached hydrogen (secondary N) is 1. The molecule has 2 aromatic rings. The molecule has 0 bridgehead atoms. The fourth-order valence-electron chi connectivity index (χ4n) is 1.64. The predicted molar refractivity (Wildman–Crippen MR) is 72.2 cm³/mol.